The first kappa shape index (κ1) is 67.8. The van der Waals surface area contributed by atoms with Gasteiger partial charge in [-0.05, 0) is 249 Å². The second kappa shape index (κ2) is 29.2. The van der Waals surface area contributed by atoms with Crippen molar-refractivity contribution in [1.82, 2.24) is 9.13 Å². The topological polar surface area (TPSA) is 30.6 Å². The van der Waals surface area contributed by atoms with Gasteiger partial charge < -0.3 is 18.5 Å². The average Bonchev–Trinajstić information content (AvgIpc) is 1.52. The van der Waals surface area contributed by atoms with Crippen LogP contribution >= 0.6 is 11.8 Å². The summed E-state index contributed by atoms with van der Waals surface area (Å²) in [5.74, 6) is 0. The van der Waals surface area contributed by atoms with Crippen LogP contribution in [0.15, 0.2) is 408 Å². The van der Waals surface area contributed by atoms with Crippen molar-refractivity contribution in [3.63, 3.8) is 0 Å². The molecule has 18 aromatic carbocycles. The predicted octanol–water partition coefficient (Wildman–Crippen LogP) is 30.7. The van der Waals surface area contributed by atoms with Gasteiger partial charge in [-0.2, -0.15) is 0 Å². The summed E-state index contributed by atoms with van der Waals surface area (Å²) in [4.78, 5) is 8.67. The third kappa shape index (κ3) is 12.4. The summed E-state index contributed by atoms with van der Waals surface area (Å²) in [5, 5.41) is 3.51. The van der Waals surface area contributed by atoms with Crippen LogP contribution in [-0.2, 0) is 10.8 Å². The molecule has 0 unspecified atom stereocenters. The van der Waals surface area contributed by atoms with E-state index in [2.05, 4.69) is 377 Å². The van der Waals surface area contributed by atoms with Crippen LogP contribution < -0.4 is 21.3 Å². The van der Waals surface area contributed by atoms with Crippen LogP contribution in [0.3, 0.4) is 0 Å². The maximum absolute atomic E-state index is 10.5. The lowest BCUT2D eigenvalue weighted by Crippen LogP contribution is -2.60. The Hall–Kier alpha value is -14.9. The lowest BCUT2D eigenvalue weighted by atomic mass is 9.34. The van der Waals surface area contributed by atoms with E-state index in [-0.39, 0.29) is 57.0 Å². The molecule has 0 spiro atoms. The number of fused-ring (bicyclic) bond motifs is 14. The molecule has 7 heteroatoms. The zero-order valence-corrected chi connectivity index (χ0v) is 70.1. The van der Waals surface area contributed by atoms with Gasteiger partial charge in [0.2, 0.25) is 6.71 Å². The fourth-order valence-electron chi connectivity index (χ4n) is 19.2. The van der Waals surface area contributed by atoms with E-state index in [1.165, 1.54) is 5.56 Å². The second-order valence-electron chi connectivity index (χ2n) is 34.9. The number of para-hydroxylation sites is 2. The van der Waals surface area contributed by atoms with Gasteiger partial charge in [-0.3, -0.25) is 0 Å². The molecule has 0 aliphatic carbocycles. The number of aromatic nitrogens is 2. The highest BCUT2D eigenvalue weighted by molar-refractivity contribution is 8.00. The van der Waals surface area contributed by atoms with E-state index < -0.39 is 18.8 Å². The van der Waals surface area contributed by atoms with E-state index in [4.69, 9.17) is 11.0 Å². The minimum absolute atomic E-state index is 0.0963. The SMILES string of the molecule is [2H]c1c([2H])c([2H])c2c(c1[2H])c1c3oc4ccccc4c3c([2H])c([2H])c1n2-c1ccc2c(c1)N(c1c(-c3ccccc3)cc(C(C)(C)C)cc1-c1ccccc1)c1cc(-n3c4ccc([N+]#[C-])cc4c4cc(C(C)(C)C)ccc43)cc3c1B2c1cc(-c2cc(-c4cccc(-c5ccccc5)c4)cc(-c4cccc(-c5ccccc5)c4)c2)cc(-c2ccc(-c4ccccc4)cc2)c1S3. The van der Waals surface area contributed by atoms with Gasteiger partial charge in [0.15, 0.2) is 5.69 Å². The highest BCUT2D eigenvalue weighted by Gasteiger charge is 2.45. The summed E-state index contributed by atoms with van der Waals surface area (Å²) >= 11 is 1.80. The van der Waals surface area contributed by atoms with E-state index >= 15 is 0 Å². The molecule has 0 saturated heterocycles. The van der Waals surface area contributed by atoms with Gasteiger partial charge in [-0.15, -0.1) is 0 Å². The zero-order valence-electron chi connectivity index (χ0n) is 75.2. The Kier molecular flexibility index (Phi) is 15.9. The number of hydrogen-bond acceptors (Lipinski definition) is 3. The van der Waals surface area contributed by atoms with Crippen molar-refractivity contribution in [2.75, 3.05) is 4.90 Å². The summed E-state index contributed by atoms with van der Waals surface area (Å²) in [6.45, 7) is 21.5. The van der Waals surface area contributed by atoms with Gasteiger partial charge >= 0.3 is 0 Å². The standard InChI is InChI=1S/C117H83BN4OS/c1-116(2,3)88-51-56-104-99(66-88)100-69-90(119-7)52-57-105(100)121(104)92-71-108-112-110(72-92)124-115-98(79-49-47-76(48-50-79)73-29-13-8-14-30-73)64-87(86-62-84(82-41-27-39-80(59-82)74-31-15-9-16-32-74)61-85(63-86)83-42-28-40-81(60-83)75-33-17-10-18-34-75)65-102(115)118(112)101-55-53-91(120-103-45-25-23-44-95(103)111-106(120)58-54-94-93-43-24-26-46-109(93)123-114(94)111)70-107(101)122(108)113-96(77-35-19-11-20-36-77)67-89(117(4,5)6)68-97(113)78-37-21-12-22-38-78/h8-72H,1-6H3/i23D,25D,44D,45D,54D,58D. The van der Waals surface area contributed by atoms with Crippen LogP contribution in [0.25, 0.3) is 182 Å². The monoisotopic (exact) mass is 1610 g/mol. The maximum Gasteiger partial charge on any atom is 0.249 e. The molecular weight excluding hydrogens is 1520 g/mol. The molecule has 21 aromatic rings. The van der Waals surface area contributed by atoms with Crippen LogP contribution in [0.5, 0.6) is 0 Å². The van der Waals surface area contributed by atoms with Crippen LogP contribution in [0, 0.1) is 6.57 Å². The van der Waals surface area contributed by atoms with Gasteiger partial charge in [0.25, 0.3) is 0 Å². The molecule has 0 bridgehead atoms. The highest BCUT2D eigenvalue weighted by Crippen LogP contribution is 2.55. The second-order valence-corrected chi connectivity index (χ2v) is 36.0. The first-order chi connectivity index (χ1) is 63.2. The lowest BCUT2D eigenvalue weighted by molar-refractivity contribution is 0.590. The molecule has 0 N–H and O–H groups in total. The van der Waals surface area contributed by atoms with Crippen molar-refractivity contribution in [2.45, 2.75) is 62.2 Å². The Morgan fingerprint density at radius 3 is 1.44 bits per heavy atom. The lowest BCUT2D eigenvalue weighted by Gasteiger charge is -2.43. The minimum atomic E-state index is -0.550. The summed E-state index contributed by atoms with van der Waals surface area (Å²) in [6, 6.07) is 127. The van der Waals surface area contributed by atoms with Crippen molar-refractivity contribution >= 4 is 123 Å². The highest BCUT2D eigenvalue weighted by atomic mass is 32.2. The van der Waals surface area contributed by atoms with E-state index in [1.807, 2.05) is 41.0 Å². The van der Waals surface area contributed by atoms with E-state index in [0.29, 0.717) is 33.1 Å². The first-order valence-corrected chi connectivity index (χ1v) is 43.2. The molecule has 124 heavy (non-hydrogen) atoms. The van der Waals surface area contributed by atoms with Crippen molar-refractivity contribution in [1.29, 1.82) is 0 Å². The molecule has 5 heterocycles. The van der Waals surface area contributed by atoms with Gasteiger partial charge in [-0.25, -0.2) is 4.85 Å². The Labute approximate surface area is 735 Å². The quantitative estimate of drug-likeness (QED) is 0.0902. The predicted molar refractivity (Wildman–Crippen MR) is 525 cm³/mol. The molecule has 0 radical (unpaired) electrons. The largest absolute Gasteiger partial charge is 0.455 e. The maximum atomic E-state index is 10.5. The molecule has 0 amide bonds. The van der Waals surface area contributed by atoms with Gasteiger partial charge in [0.05, 0.1) is 47.9 Å². The van der Waals surface area contributed by atoms with Crippen molar-refractivity contribution in [3.05, 3.63) is 417 Å². The number of furan rings is 1. The number of hydrogen-bond donors (Lipinski definition) is 0. The van der Waals surface area contributed by atoms with E-state index in [9.17, 15) is 8.22 Å². The van der Waals surface area contributed by atoms with E-state index in [0.717, 1.165) is 176 Å². The molecule has 586 valence electrons. The van der Waals surface area contributed by atoms with Crippen LogP contribution in [0.4, 0.5) is 22.7 Å². The summed E-state index contributed by atoms with van der Waals surface area (Å²) in [5.41, 5.74) is 31.2. The summed E-state index contributed by atoms with van der Waals surface area (Å²) in [6.07, 6.45) is 0. The summed E-state index contributed by atoms with van der Waals surface area (Å²) < 4.78 is 71.3. The number of rotatable bonds is 12. The average molecular weight is 1610 g/mol. The van der Waals surface area contributed by atoms with Crippen LogP contribution in [-0.4, -0.2) is 15.8 Å². The van der Waals surface area contributed by atoms with E-state index in [1.54, 1.807) is 11.8 Å². The smallest absolute Gasteiger partial charge is 0.249 e. The van der Waals surface area contributed by atoms with Crippen LogP contribution in [0.1, 0.15) is 60.9 Å². The Morgan fingerprint density at radius 2 is 0.831 bits per heavy atom. The van der Waals surface area contributed by atoms with Gasteiger partial charge in [0, 0.05) is 65.2 Å². The Morgan fingerprint density at radius 1 is 0.339 bits per heavy atom. The minimum Gasteiger partial charge on any atom is -0.455 e. The van der Waals surface area contributed by atoms with Crippen LogP contribution in [0.2, 0.25) is 0 Å². The third-order valence-electron chi connectivity index (χ3n) is 25.4. The molecule has 0 fully saturated rings. The number of nitrogens with zero attached hydrogens (tertiary/aromatic N) is 4. The molecule has 0 saturated carbocycles. The van der Waals surface area contributed by atoms with Gasteiger partial charge in [0.1, 0.15) is 11.2 Å². The Bertz CT molecular complexity index is 8190. The molecule has 2 aliphatic heterocycles. The molecule has 0 atom stereocenters. The molecule has 3 aromatic heterocycles. The van der Waals surface area contributed by atoms with Crippen molar-refractivity contribution < 1.29 is 12.6 Å². The van der Waals surface area contributed by atoms with Crippen molar-refractivity contribution in [3.8, 4) is 112 Å². The Balaban J connectivity index is 0.881. The third-order valence-corrected chi connectivity index (χ3v) is 26.6. The molecule has 2 aliphatic rings. The van der Waals surface area contributed by atoms with Gasteiger partial charge in [-0.1, -0.05) is 332 Å². The first-order valence-electron chi connectivity index (χ1n) is 45.4. The fraction of sp³-hybridized carbons (Fsp3) is 0.0684. The summed E-state index contributed by atoms with van der Waals surface area (Å²) in [7, 11) is 0. The fourth-order valence-corrected chi connectivity index (χ4v) is 20.5. The molecule has 23 rings (SSSR count). The normalized spacial score (nSPS) is 13.2. The molecular formula is C117H83BN4OS. The zero-order chi connectivity index (χ0) is 88.4. The molecule has 5 nitrogen and oxygen atoms in total. The number of benzene rings is 18. The van der Waals surface area contributed by atoms with Crippen molar-refractivity contribution in [2.24, 2.45) is 0 Å². The number of anilines is 3.